The van der Waals surface area contributed by atoms with Gasteiger partial charge in [0.25, 0.3) is 0 Å². The molecule has 4 bridgehead atoms. The van der Waals surface area contributed by atoms with Gasteiger partial charge in [0.05, 0.1) is 22.1 Å². The monoisotopic (exact) mass is 600 g/mol. The van der Waals surface area contributed by atoms with Gasteiger partial charge in [-0.25, -0.2) is 8.78 Å². The molecule has 5 aromatic rings. The fourth-order valence-electron chi connectivity index (χ4n) is 9.85. The smallest absolute Gasteiger partial charge is 0.221 e. The number of pyridine rings is 1. The summed E-state index contributed by atoms with van der Waals surface area (Å²) < 4.78 is 35.4. The quantitative estimate of drug-likeness (QED) is 0.150. The van der Waals surface area contributed by atoms with Crippen molar-refractivity contribution in [2.75, 3.05) is 9.80 Å². The predicted molar refractivity (Wildman–Crippen MR) is 180 cm³/mol. The van der Waals surface area contributed by atoms with Crippen LogP contribution < -0.4 is 14.4 Å². The molecular weight excluding hydrogens is 560 g/mol. The van der Waals surface area contributed by atoms with E-state index in [2.05, 4.69) is 83.7 Å². The van der Waals surface area contributed by atoms with E-state index in [4.69, 9.17) is 0 Å². The summed E-state index contributed by atoms with van der Waals surface area (Å²) >= 11 is 0. The van der Waals surface area contributed by atoms with E-state index in [0.717, 1.165) is 101 Å². The van der Waals surface area contributed by atoms with Crippen LogP contribution in [0.1, 0.15) is 68.1 Å². The second-order valence-electron chi connectivity index (χ2n) is 14.2. The normalized spacial score (nSPS) is 23.8. The standard InChI is InChI=1S/C40H40F2N3/c1-23-17-24(2)39(25(3)18-23)40-31-19-33(41)37(43-27-9-10-28(43)12-11-27)21-35(31)45(26-7-5-4-6-8-26)36-22-38(34(42)20-32(36)40)44-29-13-14-30(44)16-15-29/h4-8,17-22,27-30H,9-16H2,1-3H3/q+1. The molecule has 0 spiro atoms. The van der Waals surface area contributed by atoms with Crippen molar-refractivity contribution in [2.24, 2.45) is 0 Å². The van der Waals surface area contributed by atoms with Crippen LogP contribution in [0, 0.1) is 32.4 Å². The lowest BCUT2D eigenvalue weighted by Gasteiger charge is -2.27. The van der Waals surface area contributed by atoms with Crippen molar-refractivity contribution in [3.05, 3.63) is 95.1 Å². The molecule has 228 valence electrons. The fourth-order valence-corrected chi connectivity index (χ4v) is 9.85. The maximum Gasteiger partial charge on any atom is 0.221 e. The number of aryl methyl sites for hydroxylation is 3. The number of fused-ring (bicyclic) bond motifs is 6. The minimum atomic E-state index is -0.185. The minimum Gasteiger partial charge on any atom is -0.363 e. The molecule has 4 aromatic carbocycles. The van der Waals surface area contributed by atoms with E-state index in [1.54, 1.807) is 12.1 Å². The first-order valence-corrected chi connectivity index (χ1v) is 16.9. The number of benzene rings is 4. The Balaban J connectivity index is 1.44. The van der Waals surface area contributed by atoms with E-state index < -0.39 is 0 Å². The van der Waals surface area contributed by atoms with Crippen molar-refractivity contribution in [2.45, 2.75) is 96.3 Å². The van der Waals surface area contributed by atoms with Gasteiger partial charge in [0.1, 0.15) is 11.6 Å². The summed E-state index contributed by atoms with van der Waals surface area (Å²) in [5, 5.41) is 1.64. The molecular formula is C40H40F2N3+. The SMILES string of the molecule is Cc1cc(C)c(-c2c3cc(F)c(N4C5CCC4CC5)cc3[n+](-c3ccccc3)c3cc(N4C5CCC4CC5)c(F)cc23)c(C)c1. The minimum absolute atomic E-state index is 0.185. The Morgan fingerprint density at radius 3 is 1.40 bits per heavy atom. The van der Waals surface area contributed by atoms with Crippen LogP contribution in [0.3, 0.4) is 0 Å². The van der Waals surface area contributed by atoms with Crippen molar-refractivity contribution >= 4 is 33.2 Å². The number of nitrogens with zero attached hydrogens (tertiary/aromatic N) is 3. The van der Waals surface area contributed by atoms with Gasteiger partial charge >= 0.3 is 0 Å². The van der Waals surface area contributed by atoms with Gasteiger partial charge in [-0.2, -0.15) is 4.57 Å². The summed E-state index contributed by atoms with van der Waals surface area (Å²) in [6, 6.07) is 24.1. The van der Waals surface area contributed by atoms with Crippen molar-refractivity contribution in [3.63, 3.8) is 0 Å². The van der Waals surface area contributed by atoms with Crippen molar-refractivity contribution in [1.29, 1.82) is 0 Å². The number of hydrogen-bond donors (Lipinski definition) is 0. The molecule has 0 aliphatic carbocycles. The van der Waals surface area contributed by atoms with Crippen LogP contribution in [0.25, 0.3) is 38.6 Å². The predicted octanol–water partition coefficient (Wildman–Crippen LogP) is 9.40. The Kier molecular flexibility index (Phi) is 6.08. The molecule has 3 nitrogen and oxygen atoms in total. The second-order valence-corrected chi connectivity index (χ2v) is 14.2. The largest absolute Gasteiger partial charge is 0.363 e. The Morgan fingerprint density at radius 1 is 0.556 bits per heavy atom. The Labute approximate surface area is 264 Å². The summed E-state index contributed by atoms with van der Waals surface area (Å²) in [5.74, 6) is -0.371. The first-order chi connectivity index (χ1) is 21.9. The van der Waals surface area contributed by atoms with Crippen LogP contribution >= 0.6 is 0 Å². The third-order valence-electron chi connectivity index (χ3n) is 11.6. The first-order valence-electron chi connectivity index (χ1n) is 16.9. The number of hydrogen-bond acceptors (Lipinski definition) is 2. The van der Waals surface area contributed by atoms with Crippen molar-refractivity contribution in [1.82, 2.24) is 0 Å². The fraction of sp³-hybridized carbons (Fsp3) is 0.375. The Bertz CT molecular complexity index is 1860. The van der Waals surface area contributed by atoms with Crippen LogP contribution in [0.15, 0.2) is 66.7 Å². The highest BCUT2D eigenvalue weighted by atomic mass is 19.1. The van der Waals surface area contributed by atoms with Crippen LogP contribution in [0.5, 0.6) is 0 Å². The van der Waals surface area contributed by atoms with Crippen LogP contribution in [0.4, 0.5) is 20.2 Å². The summed E-state index contributed by atoms with van der Waals surface area (Å²) in [6.07, 6.45) is 9.05. The van der Waals surface area contributed by atoms with E-state index >= 15 is 8.78 Å². The maximum atomic E-state index is 16.6. The lowest BCUT2D eigenvalue weighted by atomic mass is 9.88. The molecule has 5 heteroatoms. The molecule has 0 amide bonds. The molecule has 4 aliphatic heterocycles. The summed E-state index contributed by atoms with van der Waals surface area (Å²) in [5.41, 5.74) is 9.77. The maximum absolute atomic E-state index is 16.6. The molecule has 0 saturated carbocycles. The molecule has 0 unspecified atom stereocenters. The third kappa shape index (κ3) is 4.01. The topological polar surface area (TPSA) is 10.4 Å². The molecule has 4 saturated heterocycles. The molecule has 0 radical (unpaired) electrons. The Hall–Kier alpha value is -3.99. The third-order valence-corrected chi connectivity index (χ3v) is 11.6. The van der Waals surface area contributed by atoms with Crippen LogP contribution in [-0.2, 0) is 0 Å². The molecule has 4 aliphatic rings. The zero-order chi connectivity index (χ0) is 30.6. The van der Waals surface area contributed by atoms with Gasteiger partial charge in [0.15, 0.2) is 0 Å². The molecule has 4 fully saturated rings. The zero-order valence-corrected chi connectivity index (χ0v) is 26.4. The van der Waals surface area contributed by atoms with Gasteiger partial charge in [0, 0.05) is 54.0 Å². The van der Waals surface area contributed by atoms with Gasteiger partial charge in [-0.1, -0.05) is 35.9 Å². The Morgan fingerprint density at radius 2 is 0.978 bits per heavy atom. The number of anilines is 2. The highest BCUT2D eigenvalue weighted by Gasteiger charge is 2.43. The first kappa shape index (κ1) is 27.3. The van der Waals surface area contributed by atoms with E-state index in [1.807, 2.05) is 6.07 Å². The summed E-state index contributed by atoms with van der Waals surface area (Å²) in [6.45, 7) is 6.37. The van der Waals surface area contributed by atoms with Crippen molar-refractivity contribution in [3.8, 4) is 16.8 Å². The lowest BCUT2D eigenvalue weighted by Crippen LogP contribution is -2.35. The summed E-state index contributed by atoms with van der Waals surface area (Å²) in [4.78, 5) is 4.74. The number of halogens is 2. The lowest BCUT2D eigenvalue weighted by molar-refractivity contribution is -0.537. The van der Waals surface area contributed by atoms with E-state index in [0.29, 0.717) is 35.5 Å². The highest BCUT2D eigenvalue weighted by molar-refractivity contribution is 6.10. The molecule has 5 heterocycles. The molecule has 9 rings (SSSR count). The zero-order valence-electron chi connectivity index (χ0n) is 26.4. The van der Waals surface area contributed by atoms with E-state index in [9.17, 15) is 0 Å². The molecule has 0 N–H and O–H groups in total. The molecule has 0 atom stereocenters. The molecule has 45 heavy (non-hydrogen) atoms. The van der Waals surface area contributed by atoms with E-state index in [-0.39, 0.29) is 11.6 Å². The summed E-state index contributed by atoms with van der Waals surface area (Å²) in [7, 11) is 0. The van der Waals surface area contributed by atoms with Crippen molar-refractivity contribution < 1.29 is 13.3 Å². The highest BCUT2D eigenvalue weighted by Crippen LogP contribution is 2.47. The average Bonchev–Trinajstić information content (AvgIpc) is 3.82. The van der Waals surface area contributed by atoms with Crippen LogP contribution in [-0.4, -0.2) is 24.2 Å². The van der Waals surface area contributed by atoms with E-state index in [1.165, 1.54) is 5.56 Å². The van der Waals surface area contributed by atoms with Gasteiger partial charge < -0.3 is 9.80 Å². The second kappa shape index (κ2) is 10.0. The van der Waals surface area contributed by atoms with Gasteiger partial charge in [0.2, 0.25) is 16.7 Å². The van der Waals surface area contributed by atoms with Crippen LogP contribution in [0.2, 0.25) is 0 Å². The van der Waals surface area contributed by atoms with Gasteiger partial charge in [-0.3, -0.25) is 0 Å². The van der Waals surface area contributed by atoms with Gasteiger partial charge in [-0.05, 0) is 101 Å². The average molecular weight is 601 g/mol. The number of para-hydroxylation sites is 1. The van der Waals surface area contributed by atoms with Gasteiger partial charge in [-0.15, -0.1) is 0 Å². The number of aromatic nitrogens is 1. The molecule has 1 aromatic heterocycles. The number of rotatable bonds is 4.